The fraction of sp³-hybridized carbons (Fsp3) is 0.485. The number of nitrogens with zero attached hydrogens (tertiary/aromatic N) is 4. The van der Waals surface area contributed by atoms with Gasteiger partial charge < -0.3 is 20.4 Å². The standard InChI is InChI=1S/C33H44N6O2/c1-4-5-6-9-18-34-28-16-19-38(20-17-28)31(40)15-14-25-12-13-26(21-24(25)2)33(41)39-23-27-22-35-37(3)32(27)36-29-10-7-8-11-30(29)39/h7-8,10-13,21-22,28,34,36H,4-6,9,14-20,23H2,1-3H3. The number of aromatic nitrogens is 2. The van der Waals surface area contributed by atoms with E-state index >= 15 is 0 Å². The van der Waals surface area contributed by atoms with Crippen LogP contribution in [0.15, 0.2) is 48.7 Å². The van der Waals surface area contributed by atoms with Gasteiger partial charge in [0.2, 0.25) is 5.91 Å². The molecule has 1 fully saturated rings. The number of hydrogen-bond acceptors (Lipinski definition) is 5. The van der Waals surface area contributed by atoms with Crippen LogP contribution in [0.2, 0.25) is 0 Å². The van der Waals surface area contributed by atoms with E-state index in [4.69, 9.17) is 0 Å². The predicted molar refractivity (Wildman–Crippen MR) is 165 cm³/mol. The number of aryl methyl sites for hydroxylation is 3. The Morgan fingerprint density at radius 2 is 1.88 bits per heavy atom. The molecule has 0 atom stereocenters. The topological polar surface area (TPSA) is 82.5 Å². The highest BCUT2D eigenvalue weighted by molar-refractivity contribution is 6.08. The molecule has 1 saturated heterocycles. The molecule has 2 N–H and O–H groups in total. The maximum atomic E-state index is 13.8. The Morgan fingerprint density at radius 1 is 1.07 bits per heavy atom. The third-order valence-electron chi connectivity index (χ3n) is 8.54. The maximum absolute atomic E-state index is 13.8. The van der Waals surface area contributed by atoms with E-state index in [1.165, 1.54) is 25.7 Å². The molecule has 5 rings (SSSR count). The van der Waals surface area contributed by atoms with Crippen LogP contribution in [0.3, 0.4) is 0 Å². The van der Waals surface area contributed by atoms with E-state index in [-0.39, 0.29) is 11.8 Å². The lowest BCUT2D eigenvalue weighted by atomic mass is 9.99. The summed E-state index contributed by atoms with van der Waals surface area (Å²) in [5.41, 5.74) is 5.49. The largest absolute Gasteiger partial charge is 0.343 e. The van der Waals surface area contributed by atoms with Crippen LogP contribution in [0.1, 0.15) is 78.9 Å². The number of amides is 2. The summed E-state index contributed by atoms with van der Waals surface area (Å²) in [6.07, 6.45) is 10.2. The number of para-hydroxylation sites is 2. The average molecular weight is 557 g/mol. The fourth-order valence-corrected chi connectivity index (χ4v) is 5.99. The lowest BCUT2D eigenvalue weighted by molar-refractivity contribution is -0.132. The molecule has 0 aliphatic carbocycles. The van der Waals surface area contributed by atoms with E-state index in [0.717, 1.165) is 66.4 Å². The second-order valence-electron chi connectivity index (χ2n) is 11.5. The Morgan fingerprint density at radius 3 is 2.66 bits per heavy atom. The van der Waals surface area contributed by atoms with Crippen molar-refractivity contribution in [1.82, 2.24) is 20.0 Å². The highest BCUT2D eigenvalue weighted by Gasteiger charge is 2.27. The molecule has 0 saturated carbocycles. The lowest BCUT2D eigenvalue weighted by Gasteiger charge is -2.32. The van der Waals surface area contributed by atoms with Crippen molar-refractivity contribution in [2.75, 3.05) is 29.9 Å². The smallest absolute Gasteiger partial charge is 0.258 e. The first-order chi connectivity index (χ1) is 19.9. The molecule has 2 aliphatic heterocycles. The third-order valence-corrected chi connectivity index (χ3v) is 8.54. The van der Waals surface area contributed by atoms with Crippen molar-refractivity contribution < 1.29 is 9.59 Å². The zero-order chi connectivity index (χ0) is 28.8. The van der Waals surface area contributed by atoms with Crippen molar-refractivity contribution in [2.24, 2.45) is 7.05 Å². The quantitative estimate of drug-likeness (QED) is 0.312. The molecule has 41 heavy (non-hydrogen) atoms. The normalized spacial score (nSPS) is 15.2. The summed E-state index contributed by atoms with van der Waals surface area (Å²) in [6, 6.07) is 14.3. The number of anilines is 3. The van der Waals surface area contributed by atoms with Gasteiger partial charge >= 0.3 is 0 Å². The molecule has 8 nitrogen and oxygen atoms in total. The summed E-state index contributed by atoms with van der Waals surface area (Å²) in [7, 11) is 1.90. The molecule has 1 aromatic heterocycles. The van der Waals surface area contributed by atoms with E-state index in [1.54, 1.807) is 4.68 Å². The third kappa shape index (κ3) is 6.81. The van der Waals surface area contributed by atoms with Crippen LogP contribution in [0.5, 0.6) is 0 Å². The first-order valence-corrected chi connectivity index (χ1v) is 15.2. The van der Waals surface area contributed by atoms with Crippen molar-refractivity contribution in [3.05, 3.63) is 70.9 Å². The lowest BCUT2D eigenvalue weighted by Crippen LogP contribution is -2.45. The molecule has 3 aromatic rings. The van der Waals surface area contributed by atoms with E-state index in [0.29, 0.717) is 31.0 Å². The number of unbranched alkanes of at least 4 members (excludes halogenated alkanes) is 3. The molecule has 218 valence electrons. The average Bonchev–Trinajstić information content (AvgIpc) is 3.23. The number of hydrogen-bond donors (Lipinski definition) is 2. The minimum Gasteiger partial charge on any atom is -0.343 e. The number of likely N-dealkylation sites (tertiary alicyclic amines) is 1. The Hall–Kier alpha value is -3.65. The summed E-state index contributed by atoms with van der Waals surface area (Å²) in [5.74, 6) is 1.07. The van der Waals surface area contributed by atoms with Gasteiger partial charge in [0.1, 0.15) is 5.82 Å². The number of piperidine rings is 1. The fourth-order valence-electron chi connectivity index (χ4n) is 5.99. The number of nitrogens with one attached hydrogen (secondary N) is 2. The zero-order valence-electron chi connectivity index (χ0n) is 24.8. The molecule has 2 aliphatic rings. The summed E-state index contributed by atoms with van der Waals surface area (Å²) >= 11 is 0. The van der Waals surface area contributed by atoms with Crippen LogP contribution < -0.4 is 15.5 Å². The zero-order valence-corrected chi connectivity index (χ0v) is 24.8. The molecular weight excluding hydrogens is 512 g/mol. The molecule has 8 heteroatoms. The molecule has 2 aromatic carbocycles. The summed E-state index contributed by atoms with van der Waals surface area (Å²) in [4.78, 5) is 30.6. The van der Waals surface area contributed by atoms with Crippen LogP contribution in [0.4, 0.5) is 17.2 Å². The number of carbonyl (C=O) groups excluding carboxylic acids is 2. The van der Waals surface area contributed by atoms with E-state index in [2.05, 4.69) is 22.7 Å². The van der Waals surface area contributed by atoms with Crippen LogP contribution in [0, 0.1) is 6.92 Å². The van der Waals surface area contributed by atoms with Gasteiger partial charge in [-0.3, -0.25) is 14.3 Å². The summed E-state index contributed by atoms with van der Waals surface area (Å²) in [5, 5.41) is 11.5. The summed E-state index contributed by atoms with van der Waals surface area (Å²) < 4.78 is 1.80. The van der Waals surface area contributed by atoms with Crippen molar-refractivity contribution in [1.29, 1.82) is 0 Å². The van der Waals surface area contributed by atoms with Crippen molar-refractivity contribution in [3.8, 4) is 0 Å². The van der Waals surface area contributed by atoms with Gasteiger partial charge in [-0.2, -0.15) is 5.10 Å². The Bertz CT molecular complexity index is 1360. The van der Waals surface area contributed by atoms with Crippen LogP contribution in [-0.4, -0.2) is 52.2 Å². The number of benzene rings is 2. The van der Waals surface area contributed by atoms with Gasteiger partial charge in [0, 0.05) is 43.7 Å². The van der Waals surface area contributed by atoms with Crippen LogP contribution in [-0.2, 0) is 24.8 Å². The van der Waals surface area contributed by atoms with Crippen LogP contribution in [0.25, 0.3) is 0 Å². The van der Waals surface area contributed by atoms with E-state index in [1.807, 2.05) is 72.4 Å². The van der Waals surface area contributed by atoms with Crippen molar-refractivity contribution >= 4 is 29.0 Å². The van der Waals surface area contributed by atoms with Crippen LogP contribution >= 0.6 is 0 Å². The minimum atomic E-state index is -0.0523. The summed E-state index contributed by atoms with van der Waals surface area (Å²) in [6.45, 7) is 7.47. The minimum absolute atomic E-state index is 0.0523. The Kier molecular flexibility index (Phi) is 9.39. The Balaban J connectivity index is 1.17. The highest BCUT2D eigenvalue weighted by Crippen LogP contribution is 2.36. The number of fused-ring (bicyclic) bond motifs is 2. The SMILES string of the molecule is CCCCCCNC1CCN(C(=O)CCc2ccc(C(=O)N3Cc4cnn(C)c4Nc4ccccc43)cc2C)CC1. The molecule has 3 heterocycles. The molecular formula is C33H44N6O2. The molecule has 0 radical (unpaired) electrons. The van der Waals surface area contributed by atoms with Gasteiger partial charge in [-0.05, 0) is 74.5 Å². The van der Waals surface area contributed by atoms with Gasteiger partial charge in [0.25, 0.3) is 5.91 Å². The number of carbonyl (C=O) groups is 2. The molecule has 0 bridgehead atoms. The molecule has 0 spiro atoms. The van der Waals surface area contributed by atoms with Gasteiger partial charge in [-0.25, -0.2) is 0 Å². The first kappa shape index (κ1) is 28.9. The second kappa shape index (κ2) is 13.3. The van der Waals surface area contributed by atoms with Gasteiger partial charge in [-0.1, -0.05) is 44.4 Å². The molecule has 2 amide bonds. The van der Waals surface area contributed by atoms with Gasteiger partial charge in [0.15, 0.2) is 0 Å². The predicted octanol–water partition coefficient (Wildman–Crippen LogP) is 5.73. The van der Waals surface area contributed by atoms with Crippen molar-refractivity contribution in [3.63, 3.8) is 0 Å². The van der Waals surface area contributed by atoms with Gasteiger partial charge in [0.05, 0.1) is 24.1 Å². The number of rotatable bonds is 10. The van der Waals surface area contributed by atoms with E-state index in [9.17, 15) is 9.59 Å². The van der Waals surface area contributed by atoms with Crippen molar-refractivity contribution in [2.45, 2.75) is 77.8 Å². The highest BCUT2D eigenvalue weighted by atomic mass is 16.2. The Labute approximate surface area is 244 Å². The van der Waals surface area contributed by atoms with E-state index < -0.39 is 0 Å². The monoisotopic (exact) mass is 556 g/mol. The van der Waals surface area contributed by atoms with Gasteiger partial charge in [-0.15, -0.1) is 0 Å². The first-order valence-electron chi connectivity index (χ1n) is 15.2. The maximum Gasteiger partial charge on any atom is 0.258 e. The second-order valence-corrected chi connectivity index (χ2v) is 11.5. The molecule has 0 unspecified atom stereocenters.